The van der Waals surface area contributed by atoms with Crippen LogP contribution in [0.3, 0.4) is 0 Å². The normalized spacial score (nSPS) is 16.6. The molecular formula is C18H26N2O3. The Labute approximate surface area is 138 Å². The number of ether oxygens (including phenoxy) is 1. The highest BCUT2D eigenvalue weighted by Crippen LogP contribution is 2.27. The van der Waals surface area contributed by atoms with E-state index in [1.807, 2.05) is 45.0 Å². The van der Waals surface area contributed by atoms with Crippen LogP contribution >= 0.6 is 0 Å². The van der Waals surface area contributed by atoms with Crippen LogP contribution in [0.1, 0.15) is 45.1 Å². The average molecular weight is 318 g/mol. The Morgan fingerprint density at radius 2 is 1.70 bits per heavy atom. The summed E-state index contributed by atoms with van der Waals surface area (Å²) >= 11 is 0. The highest BCUT2D eigenvalue weighted by molar-refractivity contribution is 6.07. The van der Waals surface area contributed by atoms with E-state index in [2.05, 4.69) is 5.32 Å². The first-order chi connectivity index (χ1) is 11.0. The maximum atomic E-state index is 12.7. The minimum absolute atomic E-state index is 0.112. The van der Waals surface area contributed by atoms with Crippen LogP contribution in [0.5, 0.6) is 5.75 Å². The molecule has 1 aliphatic heterocycles. The zero-order valence-corrected chi connectivity index (χ0v) is 14.2. The van der Waals surface area contributed by atoms with Gasteiger partial charge in [0.05, 0.1) is 6.54 Å². The van der Waals surface area contributed by atoms with E-state index >= 15 is 0 Å². The van der Waals surface area contributed by atoms with E-state index in [4.69, 9.17) is 4.74 Å². The highest BCUT2D eigenvalue weighted by atomic mass is 16.5. The number of aryl methyl sites for hydroxylation is 1. The standard InChI is InChI=1S/C18H26N2O3/c1-4-10-18(11-5-2)16(21)20(17(22)19-18)12-13-23-15-8-6-14(3)7-9-15/h6-9H,4-5,10-13H2,1-3H3,(H,19,22). The fourth-order valence-corrected chi connectivity index (χ4v) is 3.09. The third-order valence-electron chi connectivity index (χ3n) is 4.20. The van der Waals surface area contributed by atoms with Crippen LogP contribution in [0.25, 0.3) is 0 Å². The Morgan fingerprint density at radius 1 is 1.09 bits per heavy atom. The predicted molar refractivity (Wildman–Crippen MR) is 89.5 cm³/mol. The van der Waals surface area contributed by atoms with Crippen molar-refractivity contribution < 1.29 is 14.3 Å². The number of rotatable bonds is 8. The van der Waals surface area contributed by atoms with Gasteiger partial charge in [0, 0.05) is 0 Å². The molecule has 2 rings (SSSR count). The molecule has 0 aliphatic carbocycles. The molecule has 0 spiro atoms. The summed E-state index contributed by atoms with van der Waals surface area (Å²) in [6.45, 7) is 6.64. The fourth-order valence-electron chi connectivity index (χ4n) is 3.09. The van der Waals surface area contributed by atoms with Crippen LogP contribution in [-0.4, -0.2) is 35.5 Å². The molecule has 0 atom stereocenters. The summed E-state index contributed by atoms with van der Waals surface area (Å²) in [6.07, 6.45) is 3.08. The largest absolute Gasteiger partial charge is 0.492 e. The van der Waals surface area contributed by atoms with Crippen LogP contribution in [-0.2, 0) is 4.79 Å². The molecule has 3 amide bonds. The quantitative estimate of drug-likeness (QED) is 0.748. The van der Waals surface area contributed by atoms with Gasteiger partial charge < -0.3 is 10.1 Å². The second-order valence-corrected chi connectivity index (χ2v) is 6.13. The third kappa shape index (κ3) is 3.84. The molecule has 23 heavy (non-hydrogen) atoms. The maximum Gasteiger partial charge on any atom is 0.325 e. The van der Waals surface area contributed by atoms with Gasteiger partial charge in [0.1, 0.15) is 17.9 Å². The van der Waals surface area contributed by atoms with E-state index in [9.17, 15) is 9.59 Å². The SMILES string of the molecule is CCCC1(CCC)NC(=O)N(CCOc2ccc(C)cc2)C1=O. The van der Waals surface area contributed by atoms with Gasteiger partial charge >= 0.3 is 6.03 Å². The zero-order valence-electron chi connectivity index (χ0n) is 14.2. The summed E-state index contributed by atoms with van der Waals surface area (Å²) in [4.78, 5) is 26.2. The summed E-state index contributed by atoms with van der Waals surface area (Å²) in [5, 5.41) is 2.91. The van der Waals surface area contributed by atoms with Crippen molar-refractivity contribution in [3.63, 3.8) is 0 Å². The van der Waals surface area contributed by atoms with Crippen molar-refractivity contribution in [1.29, 1.82) is 0 Å². The van der Waals surface area contributed by atoms with Gasteiger partial charge in [-0.15, -0.1) is 0 Å². The van der Waals surface area contributed by atoms with Gasteiger partial charge in [0.25, 0.3) is 5.91 Å². The van der Waals surface area contributed by atoms with Gasteiger partial charge in [-0.25, -0.2) is 4.79 Å². The van der Waals surface area contributed by atoms with E-state index in [0.717, 1.165) is 24.2 Å². The highest BCUT2D eigenvalue weighted by Gasteiger charge is 2.49. The van der Waals surface area contributed by atoms with Crippen molar-refractivity contribution in [3.8, 4) is 5.75 Å². The molecule has 0 saturated carbocycles. The molecule has 0 unspecified atom stereocenters. The number of urea groups is 1. The number of hydrogen-bond acceptors (Lipinski definition) is 3. The Morgan fingerprint density at radius 3 is 2.26 bits per heavy atom. The topological polar surface area (TPSA) is 58.6 Å². The van der Waals surface area contributed by atoms with Crippen LogP contribution in [0, 0.1) is 6.92 Å². The molecule has 5 heteroatoms. The van der Waals surface area contributed by atoms with Gasteiger partial charge in [-0.2, -0.15) is 0 Å². The summed E-state index contributed by atoms with van der Waals surface area (Å²) < 4.78 is 5.63. The average Bonchev–Trinajstić information content (AvgIpc) is 2.74. The molecule has 0 aromatic heterocycles. The minimum Gasteiger partial charge on any atom is -0.492 e. The number of nitrogens with one attached hydrogen (secondary N) is 1. The number of imide groups is 1. The smallest absolute Gasteiger partial charge is 0.325 e. The summed E-state index contributed by atoms with van der Waals surface area (Å²) in [5.41, 5.74) is 0.445. The Kier molecular flexibility index (Phi) is 5.64. The number of hydrogen-bond donors (Lipinski definition) is 1. The maximum absolute atomic E-state index is 12.7. The van der Waals surface area contributed by atoms with E-state index in [1.165, 1.54) is 4.90 Å². The number of nitrogens with zero attached hydrogens (tertiary/aromatic N) is 1. The molecule has 126 valence electrons. The monoisotopic (exact) mass is 318 g/mol. The van der Waals surface area contributed by atoms with Gasteiger partial charge in [0.2, 0.25) is 0 Å². The molecule has 5 nitrogen and oxygen atoms in total. The van der Waals surface area contributed by atoms with Crippen molar-refractivity contribution in [2.24, 2.45) is 0 Å². The predicted octanol–water partition coefficient (Wildman–Crippen LogP) is 3.26. The van der Waals surface area contributed by atoms with Gasteiger partial charge in [0.15, 0.2) is 0 Å². The van der Waals surface area contributed by atoms with Crippen molar-refractivity contribution >= 4 is 11.9 Å². The van der Waals surface area contributed by atoms with Crippen molar-refractivity contribution in [2.45, 2.75) is 52.0 Å². The molecule has 1 aromatic rings. The molecule has 0 bridgehead atoms. The molecule has 1 heterocycles. The molecule has 1 aromatic carbocycles. The van der Waals surface area contributed by atoms with Gasteiger partial charge in [-0.05, 0) is 31.9 Å². The second-order valence-electron chi connectivity index (χ2n) is 6.13. The number of carbonyl (C=O) groups is 2. The minimum atomic E-state index is -0.718. The zero-order chi connectivity index (χ0) is 16.9. The van der Waals surface area contributed by atoms with Crippen LogP contribution in [0.15, 0.2) is 24.3 Å². The summed E-state index contributed by atoms with van der Waals surface area (Å²) in [5.74, 6) is 0.634. The fraction of sp³-hybridized carbons (Fsp3) is 0.556. The van der Waals surface area contributed by atoms with Crippen molar-refractivity contribution in [2.75, 3.05) is 13.2 Å². The van der Waals surface area contributed by atoms with Crippen LogP contribution in [0.2, 0.25) is 0 Å². The molecule has 1 N–H and O–H groups in total. The first kappa shape index (κ1) is 17.3. The van der Waals surface area contributed by atoms with E-state index in [-0.39, 0.29) is 18.5 Å². The number of amides is 3. The molecule has 1 aliphatic rings. The first-order valence-electron chi connectivity index (χ1n) is 8.36. The molecule has 1 saturated heterocycles. The third-order valence-corrected chi connectivity index (χ3v) is 4.20. The van der Waals surface area contributed by atoms with E-state index in [1.54, 1.807) is 0 Å². The van der Waals surface area contributed by atoms with E-state index in [0.29, 0.717) is 19.4 Å². The Hall–Kier alpha value is -2.04. The summed E-state index contributed by atoms with van der Waals surface area (Å²) in [6, 6.07) is 7.41. The Balaban J connectivity index is 1.95. The number of carbonyl (C=O) groups excluding carboxylic acids is 2. The molecule has 1 fully saturated rings. The lowest BCUT2D eigenvalue weighted by atomic mass is 9.88. The lowest BCUT2D eigenvalue weighted by Crippen LogP contribution is -2.47. The van der Waals surface area contributed by atoms with Crippen LogP contribution in [0.4, 0.5) is 4.79 Å². The number of benzene rings is 1. The second kappa shape index (κ2) is 7.49. The summed E-state index contributed by atoms with van der Waals surface area (Å²) in [7, 11) is 0. The van der Waals surface area contributed by atoms with Crippen molar-refractivity contribution in [3.05, 3.63) is 29.8 Å². The van der Waals surface area contributed by atoms with Gasteiger partial charge in [-0.3, -0.25) is 9.69 Å². The lowest BCUT2D eigenvalue weighted by molar-refractivity contribution is -0.132. The van der Waals surface area contributed by atoms with E-state index < -0.39 is 5.54 Å². The van der Waals surface area contributed by atoms with Crippen LogP contribution < -0.4 is 10.1 Å². The molecule has 0 radical (unpaired) electrons. The first-order valence-corrected chi connectivity index (χ1v) is 8.36. The van der Waals surface area contributed by atoms with Gasteiger partial charge in [-0.1, -0.05) is 44.4 Å². The lowest BCUT2D eigenvalue weighted by Gasteiger charge is -2.25. The Bertz CT molecular complexity index is 548. The van der Waals surface area contributed by atoms with Crippen molar-refractivity contribution in [1.82, 2.24) is 10.2 Å². The molecular weight excluding hydrogens is 292 g/mol.